The van der Waals surface area contributed by atoms with Crippen LogP contribution in [-0.2, 0) is 0 Å². The van der Waals surface area contributed by atoms with Gasteiger partial charge in [0.05, 0.1) is 0 Å². The zero-order valence-corrected chi connectivity index (χ0v) is 10.1. The Morgan fingerprint density at radius 2 is 2.18 bits per heavy atom. The smallest absolute Gasteiger partial charge is 0.123 e. The minimum absolute atomic E-state index is 0.0463. The van der Waals surface area contributed by atoms with E-state index in [1.807, 2.05) is 0 Å². The number of hydrogen-bond acceptors (Lipinski definition) is 3. The normalized spacial score (nSPS) is 22.6. The zero-order valence-electron chi connectivity index (χ0n) is 10.1. The Bertz CT molecular complexity index is 355. The highest BCUT2D eigenvalue weighted by Crippen LogP contribution is 2.18. The number of ether oxygens (including phenoxy) is 1. The Labute approximate surface area is 101 Å². The maximum absolute atomic E-state index is 12.7. The average Bonchev–Trinajstić information content (AvgIpc) is 2.75. The lowest BCUT2D eigenvalue weighted by Crippen LogP contribution is -2.37. The van der Waals surface area contributed by atoms with Crippen molar-refractivity contribution in [3.8, 4) is 5.75 Å². The van der Waals surface area contributed by atoms with Gasteiger partial charge in [0.1, 0.15) is 18.2 Å². The van der Waals surface area contributed by atoms with E-state index in [1.165, 1.54) is 12.1 Å². The molecule has 1 aromatic rings. The van der Waals surface area contributed by atoms with Crippen molar-refractivity contribution in [2.45, 2.75) is 12.5 Å². The molecule has 0 amide bonds. The van der Waals surface area contributed by atoms with E-state index in [-0.39, 0.29) is 11.9 Å². The fraction of sp³-hybridized carbons (Fsp3) is 0.538. The van der Waals surface area contributed by atoms with E-state index in [4.69, 9.17) is 10.5 Å². The molecule has 4 heteroatoms. The van der Waals surface area contributed by atoms with Gasteiger partial charge in [0.2, 0.25) is 0 Å². The molecule has 0 bridgehead atoms. The van der Waals surface area contributed by atoms with Crippen LogP contribution in [0.1, 0.15) is 6.42 Å². The molecule has 1 aliphatic heterocycles. The predicted octanol–water partition coefficient (Wildman–Crippen LogP) is 1.48. The Morgan fingerprint density at radius 3 is 2.76 bits per heavy atom. The molecule has 1 heterocycles. The van der Waals surface area contributed by atoms with E-state index in [2.05, 4.69) is 11.9 Å². The molecule has 1 aromatic carbocycles. The van der Waals surface area contributed by atoms with Crippen LogP contribution in [0.25, 0.3) is 0 Å². The molecule has 94 valence electrons. The molecule has 0 aliphatic carbocycles. The van der Waals surface area contributed by atoms with Crippen LogP contribution >= 0.6 is 0 Å². The molecule has 1 fully saturated rings. The fourth-order valence-corrected chi connectivity index (χ4v) is 2.18. The monoisotopic (exact) mass is 238 g/mol. The van der Waals surface area contributed by atoms with Crippen molar-refractivity contribution >= 4 is 0 Å². The molecule has 2 unspecified atom stereocenters. The quantitative estimate of drug-likeness (QED) is 0.863. The second-order valence-corrected chi connectivity index (χ2v) is 4.74. The van der Waals surface area contributed by atoms with Crippen molar-refractivity contribution in [1.82, 2.24) is 4.90 Å². The lowest BCUT2D eigenvalue weighted by molar-refractivity contribution is 0.245. The van der Waals surface area contributed by atoms with Gasteiger partial charge in [-0.05, 0) is 50.2 Å². The summed E-state index contributed by atoms with van der Waals surface area (Å²) in [6.07, 6.45) is 1.13. The summed E-state index contributed by atoms with van der Waals surface area (Å²) in [5.41, 5.74) is 6.09. The summed E-state index contributed by atoms with van der Waals surface area (Å²) in [4.78, 5) is 2.28. The molecular weight excluding hydrogens is 219 g/mol. The number of hydrogen-bond donors (Lipinski definition) is 1. The van der Waals surface area contributed by atoms with E-state index >= 15 is 0 Å². The van der Waals surface area contributed by atoms with E-state index in [0.717, 1.165) is 19.5 Å². The highest BCUT2D eigenvalue weighted by atomic mass is 19.1. The first kappa shape index (κ1) is 12.3. The van der Waals surface area contributed by atoms with Gasteiger partial charge < -0.3 is 15.4 Å². The fourth-order valence-electron chi connectivity index (χ4n) is 2.18. The maximum atomic E-state index is 12.7. The third kappa shape index (κ3) is 3.41. The van der Waals surface area contributed by atoms with Gasteiger partial charge in [-0.25, -0.2) is 4.39 Å². The van der Waals surface area contributed by atoms with Crippen molar-refractivity contribution in [1.29, 1.82) is 0 Å². The lowest BCUT2D eigenvalue weighted by atomic mass is 10.0. The largest absolute Gasteiger partial charge is 0.492 e. The van der Waals surface area contributed by atoms with E-state index in [9.17, 15) is 4.39 Å². The maximum Gasteiger partial charge on any atom is 0.123 e. The summed E-state index contributed by atoms with van der Waals surface area (Å²) < 4.78 is 18.2. The first-order chi connectivity index (χ1) is 8.15. The highest BCUT2D eigenvalue weighted by molar-refractivity contribution is 5.22. The number of likely N-dealkylation sites (tertiary alicyclic amines) is 1. The minimum atomic E-state index is -0.251. The summed E-state index contributed by atoms with van der Waals surface area (Å²) in [6, 6.07) is 6.09. The average molecular weight is 238 g/mol. The summed E-state index contributed by atoms with van der Waals surface area (Å²) in [7, 11) is 2.10. The van der Waals surface area contributed by atoms with E-state index < -0.39 is 0 Å². The Kier molecular flexibility index (Phi) is 3.97. The third-order valence-corrected chi connectivity index (χ3v) is 3.29. The van der Waals surface area contributed by atoms with Crippen LogP contribution in [0.2, 0.25) is 0 Å². The minimum Gasteiger partial charge on any atom is -0.492 e. The van der Waals surface area contributed by atoms with Crippen molar-refractivity contribution in [3.05, 3.63) is 30.1 Å². The summed E-state index contributed by atoms with van der Waals surface area (Å²) in [5, 5.41) is 0. The standard InChI is InChI=1S/C13H19FN2O/c1-16-7-6-10(8-16)13(15)9-17-12-4-2-11(14)3-5-12/h2-5,10,13H,6-9,15H2,1H3. The van der Waals surface area contributed by atoms with Crippen LogP contribution in [0.3, 0.4) is 0 Å². The summed E-state index contributed by atoms with van der Waals surface area (Å²) in [5.74, 6) is 0.924. The molecule has 2 atom stereocenters. The lowest BCUT2D eigenvalue weighted by Gasteiger charge is -2.19. The Morgan fingerprint density at radius 1 is 1.47 bits per heavy atom. The van der Waals surface area contributed by atoms with Gasteiger partial charge in [0.25, 0.3) is 0 Å². The molecule has 0 aromatic heterocycles. The van der Waals surface area contributed by atoms with Crippen LogP contribution in [0.15, 0.2) is 24.3 Å². The molecule has 2 rings (SSSR count). The van der Waals surface area contributed by atoms with Crippen molar-refractivity contribution in [3.63, 3.8) is 0 Å². The molecule has 17 heavy (non-hydrogen) atoms. The van der Waals surface area contributed by atoms with Gasteiger partial charge in [-0.3, -0.25) is 0 Å². The van der Waals surface area contributed by atoms with Crippen molar-refractivity contribution in [2.75, 3.05) is 26.7 Å². The van der Waals surface area contributed by atoms with E-state index in [0.29, 0.717) is 18.3 Å². The number of benzene rings is 1. The highest BCUT2D eigenvalue weighted by Gasteiger charge is 2.25. The van der Waals surface area contributed by atoms with Gasteiger partial charge >= 0.3 is 0 Å². The summed E-state index contributed by atoms with van der Waals surface area (Å²) >= 11 is 0. The molecule has 3 nitrogen and oxygen atoms in total. The number of nitrogens with two attached hydrogens (primary N) is 1. The molecular formula is C13H19FN2O. The first-order valence-corrected chi connectivity index (χ1v) is 5.97. The molecule has 0 spiro atoms. The second kappa shape index (κ2) is 5.47. The van der Waals surface area contributed by atoms with Crippen LogP contribution in [-0.4, -0.2) is 37.7 Å². The van der Waals surface area contributed by atoms with E-state index in [1.54, 1.807) is 12.1 Å². The van der Waals surface area contributed by atoms with Gasteiger partial charge in [-0.15, -0.1) is 0 Å². The number of rotatable bonds is 4. The summed E-state index contributed by atoms with van der Waals surface area (Å²) in [6.45, 7) is 2.63. The number of nitrogens with zero attached hydrogens (tertiary/aromatic N) is 1. The topological polar surface area (TPSA) is 38.5 Å². The molecule has 1 aliphatic rings. The van der Waals surface area contributed by atoms with Gasteiger partial charge in [-0.1, -0.05) is 0 Å². The third-order valence-electron chi connectivity index (χ3n) is 3.29. The van der Waals surface area contributed by atoms with Crippen molar-refractivity contribution < 1.29 is 9.13 Å². The van der Waals surface area contributed by atoms with Gasteiger partial charge in [0.15, 0.2) is 0 Å². The number of halogens is 1. The van der Waals surface area contributed by atoms with Crippen LogP contribution in [0.5, 0.6) is 5.75 Å². The van der Waals surface area contributed by atoms with Crippen LogP contribution in [0, 0.1) is 11.7 Å². The van der Waals surface area contributed by atoms with Crippen LogP contribution < -0.4 is 10.5 Å². The predicted molar refractivity (Wildman–Crippen MR) is 65.5 cm³/mol. The van der Waals surface area contributed by atoms with Gasteiger partial charge in [-0.2, -0.15) is 0 Å². The van der Waals surface area contributed by atoms with Crippen LogP contribution in [0.4, 0.5) is 4.39 Å². The SMILES string of the molecule is CN1CCC(C(N)COc2ccc(F)cc2)C1. The zero-order chi connectivity index (χ0) is 12.3. The molecule has 0 radical (unpaired) electrons. The van der Waals surface area contributed by atoms with Crippen molar-refractivity contribution in [2.24, 2.45) is 11.7 Å². The molecule has 2 N–H and O–H groups in total. The second-order valence-electron chi connectivity index (χ2n) is 4.74. The molecule has 0 saturated carbocycles. The molecule has 1 saturated heterocycles. The van der Waals surface area contributed by atoms with Gasteiger partial charge in [0, 0.05) is 12.6 Å². The Balaban J connectivity index is 1.79. The first-order valence-electron chi connectivity index (χ1n) is 5.97. The Hall–Kier alpha value is -1.13.